The number of nitrogens with one attached hydrogen (secondary N) is 1. The number of aliphatic imine (C=N–C) groups is 1. The lowest BCUT2D eigenvalue weighted by Crippen LogP contribution is -2.42. The molecular weight excluding hydrogens is 370 g/mol. The monoisotopic (exact) mass is 401 g/mol. The molecule has 1 N–H and O–H groups in total. The van der Waals surface area contributed by atoms with Crippen molar-refractivity contribution in [1.82, 2.24) is 20.1 Å². The van der Waals surface area contributed by atoms with Gasteiger partial charge in [0.25, 0.3) is 0 Å². The lowest BCUT2D eigenvalue weighted by Gasteiger charge is -2.34. The minimum Gasteiger partial charge on any atom is -0.379 e. The Morgan fingerprint density at radius 3 is 2.71 bits per heavy atom. The lowest BCUT2D eigenvalue weighted by molar-refractivity contribution is 0.0179. The predicted molar refractivity (Wildman–Crippen MR) is 116 cm³/mol. The zero-order chi connectivity index (χ0) is 19.8. The zero-order valence-electron chi connectivity index (χ0n) is 17.1. The van der Waals surface area contributed by atoms with E-state index in [4.69, 9.17) is 9.73 Å². The third kappa shape index (κ3) is 5.77. The Labute approximate surface area is 172 Å². The molecule has 152 valence electrons. The molecule has 3 rings (SSSR count). The van der Waals surface area contributed by atoms with Crippen LogP contribution in [-0.2, 0) is 11.3 Å². The lowest BCUT2D eigenvalue weighted by atomic mass is 10.0. The molecule has 1 aromatic heterocycles. The molecule has 2 aromatic rings. The Hall–Kier alpha value is -1.96. The van der Waals surface area contributed by atoms with Crippen molar-refractivity contribution in [3.63, 3.8) is 0 Å². The average Bonchev–Trinajstić information content (AvgIpc) is 3.13. The highest BCUT2D eigenvalue weighted by molar-refractivity contribution is 7.09. The van der Waals surface area contributed by atoms with Crippen molar-refractivity contribution in [2.24, 2.45) is 4.99 Å². The van der Waals surface area contributed by atoms with Crippen LogP contribution < -0.4 is 5.32 Å². The summed E-state index contributed by atoms with van der Waals surface area (Å²) in [5.41, 5.74) is 2.39. The zero-order valence-corrected chi connectivity index (χ0v) is 17.9. The molecule has 0 amide bonds. The average molecular weight is 402 g/mol. The van der Waals surface area contributed by atoms with Gasteiger partial charge in [0.05, 0.1) is 43.0 Å². The number of hydrogen-bond acceptors (Lipinski definition) is 5. The molecule has 1 atom stereocenters. The molecule has 0 radical (unpaired) electrons. The molecular formula is C21H31N5OS. The van der Waals surface area contributed by atoms with Crippen LogP contribution in [-0.4, -0.2) is 67.2 Å². The fourth-order valence-electron chi connectivity index (χ4n) is 3.44. The maximum absolute atomic E-state index is 5.55. The highest BCUT2D eigenvalue weighted by Crippen LogP contribution is 2.22. The van der Waals surface area contributed by atoms with Gasteiger partial charge >= 0.3 is 0 Å². The van der Waals surface area contributed by atoms with E-state index >= 15 is 0 Å². The summed E-state index contributed by atoms with van der Waals surface area (Å²) < 4.78 is 5.55. The molecule has 2 heterocycles. The molecule has 7 heteroatoms. The number of thiazole rings is 1. The summed E-state index contributed by atoms with van der Waals surface area (Å²) in [5.74, 6) is 0.919. The number of guanidine groups is 1. The standard InChI is InChI=1S/C21H31N5OS/c1-4-22-21(25(3)15-19-16-28-17(2)24-19)23-14-20(18-8-6-5-7-9-18)26-10-12-27-13-11-26/h5-9,16,20H,4,10-15H2,1-3H3,(H,22,23). The molecule has 1 unspecified atom stereocenters. The third-order valence-corrected chi connectivity index (χ3v) is 5.67. The van der Waals surface area contributed by atoms with Crippen LogP contribution in [0.15, 0.2) is 40.7 Å². The summed E-state index contributed by atoms with van der Waals surface area (Å²) in [5, 5.41) is 6.65. The van der Waals surface area contributed by atoms with E-state index in [2.05, 4.69) is 69.8 Å². The van der Waals surface area contributed by atoms with Crippen LogP contribution in [0.4, 0.5) is 0 Å². The van der Waals surface area contributed by atoms with Gasteiger partial charge in [0.15, 0.2) is 5.96 Å². The van der Waals surface area contributed by atoms with Crippen molar-refractivity contribution in [3.8, 4) is 0 Å². The van der Waals surface area contributed by atoms with E-state index in [-0.39, 0.29) is 6.04 Å². The van der Waals surface area contributed by atoms with Gasteiger partial charge in [-0.1, -0.05) is 30.3 Å². The van der Waals surface area contributed by atoms with Gasteiger partial charge in [-0.15, -0.1) is 11.3 Å². The molecule has 1 aromatic carbocycles. The summed E-state index contributed by atoms with van der Waals surface area (Å²) in [6.07, 6.45) is 0. The van der Waals surface area contributed by atoms with Gasteiger partial charge in [-0.2, -0.15) is 0 Å². The van der Waals surface area contributed by atoms with Crippen molar-refractivity contribution in [3.05, 3.63) is 52.0 Å². The van der Waals surface area contributed by atoms with Crippen molar-refractivity contribution < 1.29 is 4.74 Å². The number of rotatable bonds is 7. The Morgan fingerprint density at radius 2 is 2.07 bits per heavy atom. The predicted octanol–water partition coefficient (Wildman–Crippen LogP) is 2.92. The maximum atomic E-state index is 5.55. The van der Waals surface area contributed by atoms with E-state index in [0.29, 0.717) is 6.54 Å². The van der Waals surface area contributed by atoms with E-state index in [9.17, 15) is 0 Å². The van der Waals surface area contributed by atoms with Crippen LogP contribution in [0.5, 0.6) is 0 Å². The second-order valence-corrected chi connectivity index (χ2v) is 8.05. The van der Waals surface area contributed by atoms with Crippen LogP contribution >= 0.6 is 11.3 Å². The van der Waals surface area contributed by atoms with Crippen LogP contribution in [0, 0.1) is 6.92 Å². The number of benzene rings is 1. The van der Waals surface area contributed by atoms with Crippen LogP contribution in [0.1, 0.15) is 29.2 Å². The first-order valence-electron chi connectivity index (χ1n) is 9.94. The van der Waals surface area contributed by atoms with Crippen molar-refractivity contribution >= 4 is 17.3 Å². The normalized spacial score (nSPS) is 16.8. The van der Waals surface area contributed by atoms with Gasteiger partial charge in [0.2, 0.25) is 0 Å². The summed E-state index contributed by atoms with van der Waals surface area (Å²) in [7, 11) is 2.07. The smallest absolute Gasteiger partial charge is 0.194 e. The van der Waals surface area contributed by atoms with Gasteiger partial charge in [-0.05, 0) is 19.4 Å². The van der Waals surface area contributed by atoms with E-state index in [0.717, 1.165) is 56.1 Å². The highest BCUT2D eigenvalue weighted by atomic mass is 32.1. The first-order valence-corrected chi connectivity index (χ1v) is 10.8. The summed E-state index contributed by atoms with van der Waals surface area (Å²) >= 11 is 1.69. The molecule has 0 saturated carbocycles. The second-order valence-electron chi connectivity index (χ2n) is 6.98. The Bertz CT molecular complexity index is 742. The van der Waals surface area contributed by atoms with Crippen LogP contribution in [0.25, 0.3) is 0 Å². The molecule has 1 aliphatic rings. The number of nitrogens with zero attached hydrogens (tertiary/aromatic N) is 4. The number of aromatic nitrogens is 1. The van der Waals surface area contributed by atoms with Crippen LogP contribution in [0.3, 0.4) is 0 Å². The van der Waals surface area contributed by atoms with E-state index in [1.165, 1.54) is 5.56 Å². The van der Waals surface area contributed by atoms with Crippen molar-refractivity contribution in [2.45, 2.75) is 26.4 Å². The third-order valence-electron chi connectivity index (χ3n) is 4.85. The Morgan fingerprint density at radius 1 is 1.32 bits per heavy atom. The first kappa shape index (κ1) is 20.8. The van der Waals surface area contributed by atoms with Crippen LogP contribution in [0.2, 0.25) is 0 Å². The largest absolute Gasteiger partial charge is 0.379 e. The summed E-state index contributed by atoms with van der Waals surface area (Å²) in [4.78, 5) is 14.2. The van der Waals surface area contributed by atoms with Crippen molar-refractivity contribution in [2.75, 3.05) is 46.4 Å². The Kier molecular flexibility index (Phi) is 7.82. The topological polar surface area (TPSA) is 53.0 Å². The summed E-state index contributed by atoms with van der Waals surface area (Å²) in [6.45, 7) is 9.92. The maximum Gasteiger partial charge on any atom is 0.194 e. The number of hydrogen-bond donors (Lipinski definition) is 1. The fourth-order valence-corrected chi connectivity index (χ4v) is 4.04. The molecule has 1 fully saturated rings. The molecule has 6 nitrogen and oxygen atoms in total. The minimum atomic E-state index is 0.258. The first-order chi connectivity index (χ1) is 13.7. The number of ether oxygens (including phenoxy) is 1. The molecule has 0 bridgehead atoms. The molecule has 1 saturated heterocycles. The SMILES string of the molecule is CCNC(=NCC(c1ccccc1)N1CCOCC1)N(C)Cc1csc(C)n1. The van der Waals surface area contributed by atoms with Crippen molar-refractivity contribution in [1.29, 1.82) is 0 Å². The van der Waals surface area contributed by atoms with E-state index < -0.39 is 0 Å². The highest BCUT2D eigenvalue weighted by Gasteiger charge is 2.22. The van der Waals surface area contributed by atoms with Gasteiger partial charge in [-0.3, -0.25) is 9.89 Å². The number of morpholine rings is 1. The molecule has 1 aliphatic heterocycles. The second kappa shape index (κ2) is 10.5. The molecule has 0 aliphatic carbocycles. The van der Waals surface area contributed by atoms with Gasteiger partial charge in [0.1, 0.15) is 0 Å². The number of aryl methyl sites for hydroxylation is 1. The van der Waals surface area contributed by atoms with E-state index in [1.54, 1.807) is 11.3 Å². The minimum absolute atomic E-state index is 0.258. The van der Waals surface area contributed by atoms with Gasteiger partial charge in [-0.25, -0.2) is 4.98 Å². The fraction of sp³-hybridized carbons (Fsp3) is 0.524. The summed E-state index contributed by atoms with van der Waals surface area (Å²) in [6, 6.07) is 10.9. The van der Waals surface area contributed by atoms with E-state index in [1.807, 2.05) is 6.92 Å². The van der Waals surface area contributed by atoms with Gasteiger partial charge in [0, 0.05) is 32.1 Å². The quantitative estimate of drug-likeness (QED) is 0.571. The molecule has 0 spiro atoms. The molecule has 28 heavy (non-hydrogen) atoms. The Balaban J connectivity index is 1.75. The van der Waals surface area contributed by atoms with Gasteiger partial charge < -0.3 is 15.0 Å².